The van der Waals surface area contributed by atoms with Gasteiger partial charge >= 0.3 is 0 Å². The predicted molar refractivity (Wildman–Crippen MR) is 186 cm³/mol. The largest absolute Gasteiger partial charge is 0.312 e. The molecule has 2 N–H and O–H groups in total. The fourth-order valence-corrected chi connectivity index (χ4v) is 6.08. The molecule has 0 fully saturated rings. The zero-order valence-electron chi connectivity index (χ0n) is 25.2. The van der Waals surface area contributed by atoms with E-state index in [0.29, 0.717) is 17.3 Å². The normalized spacial score (nSPS) is 12.8. The molecule has 43 heavy (non-hydrogen) atoms. The first kappa shape index (κ1) is 43.5. The van der Waals surface area contributed by atoms with E-state index < -0.39 is 24.9 Å². The fourth-order valence-electron chi connectivity index (χ4n) is 2.74. The summed E-state index contributed by atoms with van der Waals surface area (Å²) < 4.78 is 34.7. The van der Waals surface area contributed by atoms with Crippen LogP contribution in [0.5, 0.6) is 0 Å². The molecular weight excluding hydrogens is 654 g/mol. The molecule has 2 unspecified atom stereocenters. The summed E-state index contributed by atoms with van der Waals surface area (Å²) in [7, 11) is -2.99. The molecule has 0 heterocycles. The number of benzene rings is 2. The van der Waals surface area contributed by atoms with Crippen LogP contribution in [0.25, 0.3) is 0 Å². The van der Waals surface area contributed by atoms with E-state index in [1.165, 1.54) is 25.0 Å². The highest BCUT2D eigenvalue weighted by molar-refractivity contribution is 7.99. The van der Waals surface area contributed by atoms with Crippen molar-refractivity contribution in [2.75, 3.05) is 43.3 Å². The Morgan fingerprint density at radius 1 is 0.860 bits per heavy atom. The van der Waals surface area contributed by atoms with Crippen LogP contribution in [-0.4, -0.2) is 53.1 Å². The minimum absolute atomic E-state index is 0.0157. The van der Waals surface area contributed by atoms with Crippen molar-refractivity contribution in [3.63, 3.8) is 0 Å². The highest BCUT2D eigenvalue weighted by Gasteiger charge is 2.23. The predicted octanol–water partition coefficient (Wildman–Crippen LogP) is 7.82. The average Bonchev–Trinajstić information content (AvgIpc) is 3.00. The van der Waals surface area contributed by atoms with Gasteiger partial charge in [0, 0.05) is 29.9 Å². The first-order valence-corrected chi connectivity index (χ1v) is 19.0. The Balaban J connectivity index is 0. The number of thioether (sulfide) groups is 1. The third kappa shape index (κ3) is 19.4. The summed E-state index contributed by atoms with van der Waals surface area (Å²) in [5.74, 6) is 4.74. The Hall–Kier alpha value is -1.67. The van der Waals surface area contributed by atoms with Gasteiger partial charge in [-0.25, -0.2) is 10.2 Å². The average molecular weight is 699 g/mol. The lowest BCUT2D eigenvalue weighted by Gasteiger charge is -2.17. The van der Waals surface area contributed by atoms with Crippen LogP contribution in [0, 0.1) is 20.2 Å². The van der Waals surface area contributed by atoms with Crippen molar-refractivity contribution in [2.24, 2.45) is 0 Å². The number of para-hydroxylation sites is 2. The maximum atomic E-state index is 12.4. The molecule has 17 heteroatoms. The van der Waals surface area contributed by atoms with Crippen LogP contribution in [0.2, 0.25) is 0 Å². The second-order valence-corrected chi connectivity index (χ2v) is 15.2. The standard InChI is InChI=1S/C12H19N2O4PS.C10H13N2O4P.2C2H6S/c1-3-20-9-8-19(17,13-2)18-10-11-6-4-5-7-12(11)14(15)16;1-3-17(15,11-2)16-8-9-6-4-5-7-10(9)12(13)14;2*1-2-3/h4-7H,3,8-10H2,1-2H3,(H,13,17);3-7H,1,8H2,2H3,(H,11,15);2*3H,2H2,1H3. The number of thiol groups is 2. The van der Waals surface area contributed by atoms with Gasteiger partial charge in [-0.1, -0.05) is 51.6 Å². The van der Waals surface area contributed by atoms with Crippen LogP contribution >= 0.6 is 52.1 Å². The van der Waals surface area contributed by atoms with Crippen LogP contribution in [0.4, 0.5) is 11.4 Å². The number of nitro benzene ring substituents is 2. The third-order valence-electron chi connectivity index (χ3n) is 4.84. The fraction of sp³-hybridized carbons (Fsp3) is 0.462. The smallest absolute Gasteiger partial charge is 0.292 e. The van der Waals surface area contributed by atoms with Crippen LogP contribution in [0.3, 0.4) is 0 Å². The Labute approximate surface area is 270 Å². The maximum Gasteiger partial charge on any atom is 0.292 e. The maximum absolute atomic E-state index is 12.4. The van der Waals surface area contributed by atoms with Crippen LogP contribution in [0.1, 0.15) is 31.9 Å². The molecule has 0 aliphatic heterocycles. The summed E-state index contributed by atoms with van der Waals surface area (Å²) in [5, 5.41) is 26.8. The van der Waals surface area contributed by atoms with Crippen LogP contribution in [0.15, 0.2) is 60.9 Å². The van der Waals surface area contributed by atoms with Crippen molar-refractivity contribution in [3.8, 4) is 0 Å². The molecule has 0 aromatic heterocycles. The van der Waals surface area contributed by atoms with E-state index in [1.54, 1.807) is 55.2 Å². The van der Waals surface area contributed by atoms with E-state index in [4.69, 9.17) is 9.05 Å². The van der Waals surface area contributed by atoms with E-state index in [0.717, 1.165) is 23.0 Å². The number of nitro groups is 2. The minimum atomic E-state index is -3.11. The highest BCUT2D eigenvalue weighted by atomic mass is 32.2. The molecule has 0 aliphatic carbocycles. The molecule has 0 saturated carbocycles. The molecule has 2 aromatic carbocycles. The first-order chi connectivity index (χ1) is 20.4. The van der Waals surface area contributed by atoms with Gasteiger partial charge in [0.05, 0.1) is 34.2 Å². The van der Waals surface area contributed by atoms with Gasteiger partial charge in [0.1, 0.15) is 0 Å². The zero-order chi connectivity index (χ0) is 33.3. The molecular formula is C26H44N4O8P2S3. The van der Waals surface area contributed by atoms with Gasteiger partial charge in [-0.15, -0.1) is 0 Å². The molecule has 0 spiro atoms. The number of nitrogens with zero attached hydrogens (tertiary/aromatic N) is 2. The molecule has 0 radical (unpaired) electrons. The van der Waals surface area contributed by atoms with Crippen LogP contribution in [-0.2, 0) is 31.4 Å². The van der Waals surface area contributed by atoms with E-state index in [2.05, 4.69) is 42.0 Å². The summed E-state index contributed by atoms with van der Waals surface area (Å²) in [6, 6.07) is 12.5. The lowest BCUT2D eigenvalue weighted by molar-refractivity contribution is -0.386. The molecule has 2 atom stereocenters. The van der Waals surface area contributed by atoms with Gasteiger partial charge in [0.25, 0.3) is 26.4 Å². The Morgan fingerprint density at radius 3 is 1.63 bits per heavy atom. The first-order valence-electron chi connectivity index (χ1n) is 13.1. The van der Waals surface area contributed by atoms with Gasteiger partial charge < -0.3 is 9.05 Å². The van der Waals surface area contributed by atoms with E-state index in [9.17, 15) is 29.4 Å². The summed E-state index contributed by atoms with van der Waals surface area (Å²) in [4.78, 5) is 20.7. The highest BCUT2D eigenvalue weighted by Crippen LogP contribution is 2.44. The van der Waals surface area contributed by atoms with Gasteiger partial charge in [0.15, 0.2) is 0 Å². The third-order valence-corrected chi connectivity index (χ3v) is 9.70. The minimum Gasteiger partial charge on any atom is -0.312 e. The number of nitrogens with one attached hydrogen (secondary N) is 2. The second kappa shape index (κ2) is 25.6. The molecule has 0 aliphatic rings. The quantitative estimate of drug-likeness (QED) is 0.0472. The number of hydrogen-bond acceptors (Lipinski definition) is 11. The summed E-state index contributed by atoms with van der Waals surface area (Å²) >= 11 is 9.26. The topological polar surface area (TPSA) is 163 Å². The van der Waals surface area contributed by atoms with Gasteiger partial charge in [-0.05, 0) is 43.5 Å². The molecule has 0 saturated heterocycles. The monoisotopic (exact) mass is 698 g/mol. The molecule has 2 rings (SSSR count). The Morgan fingerprint density at radius 2 is 1.28 bits per heavy atom. The van der Waals surface area contributed by atoms with Crippen molar-refractivity contribution in [1.82, 2.24) is 10.2 Å². The number of rotatable bonds is 15. The van der Waals surface area contributed by atoms with Gasteiger partial charge in [-0.3, -0.25) is 29.4 Å². The molecule has 0 bridgehead atoms. The summed E-state index contributed by atoms with van der Waals surface area (Å²) in [6.07, 6.45) is 0.405. The van der Waals surface area contributed by atoms with E-state index >= 15 is 0 Å². The van der Waals surface area contributed by atoms with Crippen molar-refractivity contribution in [2.45, 2.75) is 34.0 Å². The lowest BCUT2D eigenvalue weighted by Crippen LogP contribution is -2.11. The summed E-state index contributed by atoms with van der Waals surface area (Å²) in [5.41, 5.74) is 0.725. The zero-order valence-corrected chi connectivity index (χ0v) is 29.6. The van der Waals surface area contributed by atoms with Crippen molar-refractivity contribution < 1.29 is 28.0 Å². The van der Waals surface area contributed by atoms with Gasteiger partial charge in [0.2, 0.25) is 0 Å². The van der Waals surface area contributed by atoms with E-state index in [-0.39, 0.29) is 24.6 Å². The molecule has 2 aromatic rings. The summed E-state index contributed by atoms with van der Waals surface area (Å²) in [6.45, 7) is 9.25. The van der Waals surface area contributed by atoms with Crippen molar-refractivity contribution in [1.29, 1.82) is 0 Å². The number of hydrogen-bond donors (Lipinski definition) is 4. The SMILES string of the molecule is C=CP(=O)(NC)OCc1ccccc1[N+](=O)[O-].CCS.CCS.CCSCCP(=O)(NC)OCc1ccccc1[N+](=O)[O-]. The van der Waals surface area contributed by atoms with Crippen molar-refractivity contribution >= 4 is 63.4 Å². The Bertz CT molecular complexity index is 1190. The van der Waals surface area contributed by atoms with Crippen LogP contribution < -0.4 is 10.2 Å². The molecule has 244 valence electrons. The molecule has 0 amide bonds. The van der Waals surface area contributed by atoms with Crippen molar-refractivity contribution in [3.05, 3.63) is 92.3 Å². The Kier molecular flexibility index (Phi) is 25.9. The van der Waals surface area contributed by atoms with Gasteiger partial charge in [-0.2, -0.15) is 37.0 Å². The molecule has 12 nitrogen and oxygen atoms in total. The lowest BCUT2D eigenvalue weighted by atomic mass is 10.2. The van der Waals surface area contributed by atoms with E-state index in [1.807, 2.05) is 20.8 Å². The second-order valence-electron chi connectivity index (χ2n) is 7.77.